The third-order valence-corrected chi connectivity index (χ3v) is 5.64. The van der Waals surface area contributed by atoms with E-state index in [0.29, 0.717) is 12.0 Å². The van der Waals surface area contributed by atoms with Crippen LogP contribution in [0.25, 0.3) is 0 Å². The van der Waals surface area contributed by atoms with Gasteiger partial charge in [0.15, 0.2) is 0 Å². The van der Waals surface area contributed by atoms with Gasteiger partial charge in [-0.1, -0.05) is 19.8 Å². The number of carboxylic acid groups (broad SMARTS) is 1. The molecule has 4 nitrogen and oxygen atoms in total. The molecule has 1 saturated carbocycles. The van der Waals surface area contributed by atoms with Crippen molar-refractivity contribution in [3.8, 4) is 0 Å². The van der Waals surface area contributed by atoms with Gasteiger partial charge in [0.1, 0.15) is 5.54 Å². The number of hydrogen-bond acceptors (Lipinski definition) is 3. The van der Waals surface area contributed by atoms with Crippen molar-refractivity contribution < 1.29 is 14.7 Å². The zero-order chi connectivity index (χ0) is 14.0. The summed E-state index contributed by atoms with van der Waals surface area (Å²) in [4.78, 5) is 23.9. The third kappa shape index (κ3) is 2.94. The summed E-state index contributed by atoms with van der Waals surface area (Å²) in [5.74, 6) is -1.24. The van der Waals surface area contributed by atoms with E-state index in [4.69, 9.17) is 0 Å². The molecule has 1 fully saturated rings. The maximum atomic E-state index is 12.2. The number of carbonyl (C=O) groups is 2. The first kappa shape index (κ1) is 14.8. The van der Waals surface area contributed by atoms with Crippen LogP contribution in [-0.2, 0) is 4.79 Å². The second kappa shape index (κ2) is 5.78. The van der Waals surface area contributed by atoms with E-state index >= 15 is 0 Å². The van der Waals surface area contributed by atoms with Crippen molar-refractivity contribution in [1.29, 1.82) is 0 Å². The van der Waals surface area contributed by atoms with Crippen LogP contribution in [-0.4, -0.2) is 22.5 Å². The van der Waals surface area contributed by atoms with Crippen LogP contribution in [0.1, 0.15) is 43.0 Å². The molecule has 1 heterocycles. The summed E-state index contributed by atoms with van der Waals surface area (Å²) in [5.41, 5.74) is -0.560. The average molecular weight is 393 g/mol. The van der Waals surface area contributed by atoms with Crippen molar-refractivity contribution in [1.82, 2.24) is 5.32 Å². The summed E-state index contributed by atoms with van der Waals surface area (Å²) >= 11 is 3.63. The van der Waals surface area contributed by atoms with Gasteiger partial charge < -0.3 is 10.4 Å². The third-order valence-electron chi connectivity index (χ3n) is 3.85. The molecule has 2 N–H and O–H groups in total. The van der Waals surface area contributed by atoms with Crippen molar-refractivity contribution in [3.05, 3.63) is 19.9 Å². The predicted octanol–water partition coefficient (Wildman–Crippen LogP) is 3.12. The molecule has 0 bridgehead atoms. The first-order valence-electron chi connectivity index (χ1n) is 6.25. The van der Waals surface area contributed by atoms with Crippen LogP contribution in [0.2, 0.25) is 0 Å². The van der Waals surface area contributed by atoms with Crippen molar-refractivity contribution in [2.75, 3.05) is 0 Å². The highest BCUT2D eigenvalue weighted by Gasteiger charge is 2.46. The Kier molecular flexibility index (Phi) is 4.50. The fraction of sp³-hybridized carbons (Fsp3) is 0.538. The van der Waals surface area contributed by atoms with Crippen molar-refractivity contribution >= 4 is 45.8 Å². The number of aliphatic carboxylic acids is 1. The fourth-order valence-corrected chi connectivity index (χ4v) is 3.93. The number of carboxylic acids is 1. The van der Waals surface area contributed by atoms with E-state index in [1.165, 1.54) is 11.3 Å². The molecule has 1 aliphatic carbocycles. The number of thiophene rings is 1. The van der Waals surface area contributed by atoms with Crippen LogP contribution in [0.3, 0.4) is 0 Å². The van der Waals surface area contributed by atoms with E-state index in [2.05, 4.69) is 27.9 Å². The van der Waals surface area contributed by atoms with E-state index in [0.717, 1.165) is 22.1 Å². The smallest absolute Gasteiger partial charge is 0.329 e. The highest BCUT2D eigenvalue weighted by atomic mass is 127. The molecule has 2 atom stereocenters. The van der Waals surface area contributed by atoms with Gasteiger partial charge in [0.25, 0.3) is 5.91 Å². The number of halogens is 1. The average Bonchev–Trinajstić information content (AvgIpc) is 2.78. The summed E-state index contributed by atoms with van der Waals surface area (Å²) in [5, 5.41) is 14.1. The Labute approximate surface area is 129 Å². The van der Waals surface area contributed by atoms with Crippen molar-refractivity contribution in [2.24, 2.45) is 5.92 Å². The van der Waals surface area contributed by atoms with Gasteiger partial charge in [-0.2, -0.15) is 0 Å². The quantitative estimate of drug-likeness (QED) is 0.776. The lowest BCUT2D eigenvalue weighted by Gasteiger charge is -2.39. The highest BCUT2D eigenvalue weighted by molar-refractivity contribution is 14.1. The number of rotatable bonds is 3. The molecule has 2 unspecified atom stereocenters. The maximum Gasteiger partial charge on any atom is 0.329 e. The van der Waals surface area contributed by atoms with Crippen LogP contribution < -0.4 is 5.32 Å². The van der Waals surface area contributed by atoms with Gasteiger partial charge in [-0.15, -0.1) is 11.3 Å². The normalized spacial score (nSPS) is 26.9. The van der Waals surface area contributed by atoms with Crippen LogP contribution in [0.5, 0.6) is 0 Å². The van der Waals surface area contributed by atoms with Crippen LogP contribution in [0.4, 0.5) is 0 Å². The minimum atomic E-state index is -1.11. The molecule has 2 rings (SSSR count). The van der Waals surface area contributed by atoms with Gasteiger partial charge in [0.05, 0.1) is 8.45 Å². The van der Waals surface area contributed by atoms with Gasteiger partial charge in [0.2, 0.25) is 0 Å². The molecule has 0 radical (unpaired) electrons. The fourth-order valence-electron chi connectivity index (χ4n) is 2.61. The lowest BCUT2D eigenvalue weighted by Crippen LogP contribution is -2.59. The zero-order valence-corrected chi connectivity index (χ0v) is 13.6. The minimum absolute atomic E-state index is 0.0413. The highest BCUT2D eigenvalue weighted by Crippen LogP contribution is 2.34. The van der Waals surface area contributed by atoms with Gasteiger partial charge in [0, 0.05) is 5.38 Å². The van der Waals surface area contributed by atoms with Gasteiger partial charge >= 0.3 is 5.97 Å². The first-order chi connectivity index (χ1) is 8.95. The zero-order valence-electron chi connectivity index (χ0n) is 10.6. The molecule has 1 amide bonds. The van der Waals surface area contributed by atoms with Crippen LogP contribution >= 0.6 is 33.9 Å². The maximum absolute atomic E-state index is 12.2. The molecule has 104 valence electrons. The number of nitrogens with one attached hydrogen (secondary N) is 1. The number of amides is 1. The Morgan fingerprint density at radius 3 is 2.79 bits per heavy atom. The lowest BCUT2D eigenvalue weighted by atomic mass is 9.73. The molecule has 0 saturated heterocycles. The summed E-state index contributed by atoms with van der Waals surface area (Å²) in [7, 11) is 0. The van der Waals surface area contributed by atoms with Gasteiger partial charge in [-0.05, 0) is 47.4 Å². The van der Waals surface area contributed by atoms with E-state index in [-0.39, 0.29) is 11.8 Å². The largest absolute Gasteiger partial charge is 0.479 e. The molecule has 0 spiro atoms. The molecule has 1 aromatic heterocycles. The monoisotopic (exact) mass is 393 g/mol. The van der Waals surface area contributed by atoms with Crippen molar-refractivity contribution in [3.63, 3.8) is 0 Å². The molecule has 19 heavy (non-hydrogen) atoms. The minimum Gasteiger partial charge on any atom is -0.479 e. The standard InChI is InChI=1S/C13H16INO3S/c1-8-4-2-3-5-13(8,12(17)18)15-11(16)9-6-10(14)19-7-9/h6-8H,2-5H2,1H3,(H,15,16)(H,17,18). The van der Waals surface area contributed by atoms with E-state index < -0.39 is 11.5 Å². The van der Waals surface area contributed by atoms with Crippen LogP contribution in [0, 0.1) is 8.80 Å². The Morgan fingerprint density at radius 1 is 1.53 bits per heavy atom. The Bertz CT molecular complexity index is 502. The van der Waals surface area contributed by atoms with Gasteiger partial charge in [-0.25, -0.2) is 4.79 Å². The summed E-state index contributed by atoms with van der Waals surface area (Å²) in [6.07, 6.45) is 3.23. The predicted molar refractivity (Wildman–Crippen MR) is 82.5 cm³/mol. The molecule has 6 heteroatoms. The van der Waals surface area contributed by atoms with Gasteiger partial charge in [-0.3, -0.25) is 4.79 Å². The second-order valence-corrected chi connectivity index (χ2v) is 7.82. The second-order valence-electron chi connectivity index (χ2n) is 5.02. The Balaban J connectivity index is 2.21. The SMILES string of the molecule is CC1CCCCC1(NC(=O)c1csc(I)c1)C(=O)O. The molecule has 0 aliphatic heterocycles. The first-order valence-corrected chi connectivity index (χ1v) is 8.21. The lowest BCUT2D eigenvalue weighted by molar-refractivity contribution is -0.148. The molecule has 1 aromatic rings. The topological polar surface area (TPSA) is 66.4 Å². The summed E-state index contributed by atoms with van der Waals surface area (Å²) in [6, 6.07) is 1.78. The van der Waals surface area contributed by atoms with Crippen molar-refractivity contribution in [2.45, 2.75) is 38.1 Å². The summed E-state index contributed by atoms with van der Waals surface area (Å²) in [6.45, 7) is 1.91. The van der Waals surface area contributed by atoms with E-state index in [9.17, 15) is 14.7 Å². The molecule has 1 aliphatic rings. The molecule has 0 aromatic carbocycles. The Hall–Kier alpha value is -0.630. The van der Waals surface area contributed by atoms with Crippen LogP contribution in [0.15, 0.2) is 11.4 Å². The number of hydrogen-bond donors (Lipinski definition) is 2. The number of carbonyl (C=O) groups excluding carboxylic acids is 1. The molecular formula is C13H16INO3S. The summed E-state index contributed by atoms with van der Waals surface area (Å²) < 4.78 is 1.02. The molecular weight excluding hydrogens is 377 g/mol. The van der Waals surface area contributed by atoms with E-state index in [1.807, 2.05) is 6.92 Å². The Morgan fingerprint density at radius 2 is 2.26 bits per heavy atom. The van der Waals surface area contributed by atoms with E-state index in [1.54, 1.807) is 11.4 Å².